The largest absolute Gasteiger partial charge is 0.323 e. The summed E-state index contributed by atoms with van der Waals surface area (Å²) in [5.74, 6) is -0.267. The van der Waals surface area contributed by atoms with Gasteiger partial charge in [-0.3, -0.25) is 4.79 Å². The molecule has 1 N–H and O–H groups in total. The Morgan fingerprint density at radius 1 is 1.18 bits per heavy atom. The summed E-state index contributed by atoms with van der Waals surface area (Å²) in [5.41, 5.74) is 6.13. The molecule has 5 rings (SSSR count). The summed E-state index contributed by atoms with van der Waals surface area (Å²) >= 11 is 0. The summed E-state index contributed by atoms with van der Waals surface area (Å²) in [6.07, 6.45) is 12.4. The Balaban J connectivity index is 1.48. The number of anilines is 1. The van der Waals surface area contributed by atoms with E-state index < -0.39 is 0 Å². The Morgan fingerprint density at radius 3 is 2.63 bits per heavy atom. The number of likely N-dealkylation sites (tertiary alicyclic amines) is 1. The van der Waals surface area contributed by atoms with Gasteiger partial charge in [0.1, 0.15) is 11.8 Å². The minimum Gasteiger partial charge on any atom is -0.323 e. The molecule has 0 saturated carbocycles. The zero-order chi connectivity index (χ0) is 26.6. The molecular formula is C28H25N9O. The first-order chi connectivity index (χ1) is 18.5. The van der Waals surface area contributed by atoms with Gasteiger partial charge in [0.25, 0.3) is 0 Å². The standard InChI is InChI=1S/C28H25N9O/c1-3-26(38)32-24-8-5-20(6-9-24)4-7-21-14-22(17-36-28(21)23(15-29)16-31-36)27-19(2)37(34-33-27)25-10-12-35(18-30)13-11-25/h3-9,14,16-17,25H,1,10-13H2,2H3,(H,32,38)/b7-4+. The van der Waals surface area contributed by atoms with Gasteiger partial charge in [-0.1, -0.05) is 36.1 Å². The number of pyridine rings is 1. The second-order valence-corrected chi connectivity index (χ2v) is 9.08. The van der Waals surface area contributed by atoms with Gasteiger partial charge in [-0.25, -0.2) is 9.20 Å². The number of hydrogen-bond acceptors (Lipinski definition) is 7. The molecule has 1 fully saturated rings. The molecule has 10 heteroatoms. The molecule has 1 aliphatic heterocycles. The van der Waals surface area contributed by atoms with Crippen molar-refractivity contribution in [3.05, 3.63) is 77.8 Å². The van der Waals surface area contributed by atoms with Gasteiger partial charge in [0.2, 0.25) is 5.91 Å². The number of piperidine rings is 1. The lowest BCUT2D eigenvalue weighted by Crippen LogP contribution is -2.31. The monoisotopic (exact) mass is 503 g/mol. The zero-order valence-corrected chi connectivity index (χ0v) is 20.9. The summed E-state index contributed by atoms with van der Waals surface area (Å²) < 4.78 is 3.66. The van der Waals surface area contributed by atoms with Crippen LogP contribution in [0, 0.1) is 29.7 Å². The van der Waals surface area contributed by atoms with Crippen LogP contribution in [0.4, 0.5) is 5.69 Å². The van der Waals surface area contributed by atoms with Gasteiger partial charge in [0, 0.05) is 36.1 Å². The normalized spacial score (nSPS) is 13.9. The van der Waals surface area contributed by atoms with Crippen LogP contribution in [0.3, 0.4) is 0 Å². The van der Waals surface area contributed by atoms with E-state index in [4.69, 9.17) is 5.26 Å². The molecule has 0 bridgehead atoms. The fraction of sp³-hybridized carbons (Fsp3) is 0.214. The molecule has 1 amide bonds. The topological polar surface area (TPSA) is 128 Å². The molecule has 1 aliphatic rings. The summed E-state index contributed by atoms with van der Waals surface area (Å²) in [7, 11) is 0. The Morgan fingerprint density at radius 2 is 1.95 bits per heavy atom. The van der Waals surface area contributed by atoms with Crippen LogP contribution < -0.4 is 5.32 Å². The van der Waals surface area contributed by atoms with Crippen molar-refractivity contribution in [3.8, 4) is 23.5 Å². The van der Waals surface area contributed by atoms with Gasteiger partial charge in [-0.05, 0) is 49.6 Å². The summed E-state index contributed by atoms with van der Waals surface area (Å²) in [4.78, 5) is 13.3. The number of rotatable bonds is 6. The van der Waals surface area contributed by atoms with Gasteiger partial charge in [0.15, 0.2) is 6.19 Å². The fourth-order valence-electron chi connectivity index (χ4n) is 4.71. The van der Waals surface area contributed by atoms with Crippen molar-refractivity contribution in [1.29, 1.82) is 10.5 Å². The van der Waals surface area contributed by atoms with E-state index in [1.165, 1.54) is 6.08 Å². The third-order valence-electron chi connectivity index (χ3n) is 6.73. The SMILES string of the molecule is C=CC(=O)Nc1ccc(/C=C/c2cc(-c3nnn(C4CCN(C#N)CC4)c3C)cn3ncc(C#N)c23)cc1. The lowest BCUT2D eigenvalue weighted by molar-refractivity contribution is -0.111. The average molecular weight is 504 g/mol. The molecule has 4 heterocycles. The Labute approximate surface area is 219 Å². The first kappa shape index (κ1) is 24.5. The Bertz CT molecular complexity index is 1620. The molecule has 0 unspecified atom stereocenters. The molecule has 188 valence electrons. The van der Waals surface area contributed by atoms with E-state index in [9.17, 15) is 10.1 Å². The van der Waals surface area contributed by atoms with Crippen LogP contribution in [0.25, 0.3) is 28.9 Å². The van der Waals surface area contributed by atoms with E-state index in [-0.39, 0.29) is 11.9 Å². The number of benzene rings is 1. The zero-order valence-electron chi connectivity index (χ0n) is 20.9. The molecule has 0 radical (unpaired) electrons. The highest BCUT2D eigenvalue weighted by Gasteiger charge is 2.24. The first-order valence-corrected chi connectivity index (χ1v) is 12.2. The lowest BCUT2D eigenvalue weighted by Gasteiger charge is -2.28. The van der Waals surface area contributed by atoms with Gasteiger partial charge >= 0.3 is 0 Å². The van der Waals surface area contributed by atoms with Gasteiger partial charge in [0.05, 0.1) is 29.0 Å². The number of fused-ring (bicyclic) bond motifs is 1. The summed E-state index contributed by atoms with van der Waals surface area (Å²) in [6, 6.07) is 11.8. The van der Waals surface area contributed by atoms with E-state index >= 15 is 0 Å². The van der Waals surface area contributed by atoms with Gasteiger partial charge in [-0.2, -0.15) is 15.6 Å². The Hall–Kier alpha value is -5.22. The number of carbonyl (C=O) groups is 1. The number of nitrogens with zero attached hydrogens (tertiary/aromatic N) is 8. The predicted molar refractivity (Wildman–Crippen MR) is 143 cm³/mol. The van der Waals surface area contributed by atoms with Crippen molar-refractivity contribution in [2.24, 2.45) is 0 Å². The Kier molecular flexibility index (Phi) is 6.70. The number of hydrogen-bond donors (Lipinski definition) is 1. The molecule has 0 atom stereocenters. The maximum Gasteiger partial charge on any atom is 0.247 e. The number of amides is 1. The molecule has 38 heavy (non-hydrogen) atoms. The molecule has 0 aliphatic carbocycles. The number of nitriles is 2. The van der Waals surface area contributed by atoms with Crippen LogP contribution in [0.1, 0.15) is 41.3 Å². The highest BCUT2D eigenvalue weighted by atomic mass is 16.1. The van der Waals surface area contributed by atoms with Gasteiger partial charge in [-0.15, -0.1) is 5.10 Å². The maximum absolute atomic E-state index is 11.5. The third kappa shape index (κ3) is 4.75. The number of nitrogens with one attached hydrogen (secondary N) is 1. The van der Waals surface area contributed by atoms with E-state index in [0.29, 0.717) is 29.9 Å². The average Bonchev–Trinajstić information content (AvgIpc) is 3.55. The van der Waals surface area contributed by atoms with Crippen LogP contribution >= 0.6 is 0 Å². The molecule has 1 aromatic carbocycles. The van der Waals surface area contributed by atoms with Crippen molar-refractivity contribution in [1.82, 2.24) is 29.5 Å². The maximum atomic E-state index is 11.5. The van der Waals surface area contributed by atoms with E-state index in [0.717, 1.165) is 40.9 Å². The van der Waals surface area contributed by atoms with Crippen LogP contribution in [-0.2, 0) is 4.79 Å². The lowest BCUT2D eigenvalue weighted by atomic mass is 10.0. The van der Waals surface area contributed by atoms with E-state index in [1.54, 1.807) is 15.6 Å². The van der Waals surface area contributed by atoms with E-state index in [2.05, 4.69) is 39.6 Å². The molecule has 1 saturated heterocycles. The molecule has 4 aromatic rings. The predicted octanol–water partition coefficient (Wildman–Crippen LogP) is 4.19. The van der Waals surface area contributed by atoms with Gasteiger partial charge < -0.3 is 10.2 Å². The van der Waals surface area contributed by atoms with Crippen molar-refractivity contribution in [3.63, 3.8) is 0 Å². The van der Waals surface area contributed by atoms with Crippen LogP contribution in [0.5, 0.6) is 0 Å². The molecule has 10 nitrogen and oxygen atoms in total. The van der Waals surface area contributed by atoms with Crippen LogP contribution in [0.2, 0.25) is 0 Å². The molecule has 3 aromatic heterocycles. The smallest absolute Gasteiger partial charge is 0.247 e. The van der Waals surface area contributed by atoms with Crippen LogP contribution in [-0.4, -0.2) is 48.5 Å². The minimum atomic E-state index is -0.267. The molecule has 0 spiro atoms. The number of carbonyl (C=O) groups excluding carboxylic acids is 1. The van der Waals surface area contributed by atoms with E-state index in [1.807, 2.05) is 60.3 Å². The third-order valence-corrected chi connectivity index (χ3v) is 6.73. The second kappa shape index (κ2) is 10.4. The number of aromatic nitrogens is 5. The minimum absolute atomic E-state index is 0.193. The highest BCUT2D eigenvalue weighted by molar-refractivity contribution is 5.99. The second-order valence-electron chi connectivity index (χ2n) is 9.08. The fourth-order valence-corrected chi connectivity index (χ4v) is 4.71. The summed E-state index contributed by atoms with van der Waals surface area (Å²) in [6.45, 7) is 6.89. The quantitative estimate of drug-likeness (QED) is 0.309. The van der Waals surface area contributed by atoms with Crippen molar-refractivity contribution in [2.45, 2.75) is 25.8 Å². The first-order valence-electron chi connectivity index (χ1n) is 12.2. The molecular weight excluding hydrogens is 478 g/mol. The van der Waals surface area contributed by atoms with Crippen molar-refractivity contribution < 1.29 is 4.79 Å². The highest BCUT2D eigenvalue weighted by Crippen LogP contribution is 2.30. The van der Waals surface area contributed by atoms with Crippen molar-refractivity contribution >= 4 is 29.3 Å². The summed E-state index contributed by atoms with van der Waals surface area (Å²) in [5, 5.41) is 34.9. The van der Waals surface area contributed by atoms with Crippen molar-refractivity contribution in [2.75, 3.05) is 18.4 Å². The van der Waals surface area contributed by atoms with Crippen LogP contribution in [0.15, 0.2) is 55.4 Å².